The van der Waals surface area contributed by atoms with E-state index in [0.717, 1.165) is 49.0 Å². The zero-order chi connectivity index (χ0) is 16.4. The summed E-state index contributed by atoms with van der Waals surface area (Å²) in [7, 11) is 0. The molecule has 3 aromatic heterocycles. The fraction of sp³-hybridized carbons (Fsp3) is 0.353. The first-order valence-corrected chi connectivity index (χ1v) is 8.14. The van der Waals surface area contributed by atoms with Crippen LogP contribution >= 0.6 is 0 Å². The molecule has 0 spiro atoms. The van der Waals surface area contributed by atoms with Gasteiger partial charge in [0.15, 0.2) is 5.82 Å². The Bertz CT molecular complexity index is 815. The van der Waals surface area contributed by atoms with E-state index in [1.54, 1.807) is 31.2 Å². The van der Waals surface area contributed by atoms with E-state index in [4.69, 9.17) is 0 Å². The molecule has 122 valence electrons. The highest BCUT2D eigenvalue weighted by atomic mass is 15.2. The lowest BCUT2D eigenvalue weighted by Crippen LogP contribution is -2.35. The van der Waals surface area contributed by atoms with Gasteiger partial charge in [0.1, 0.15) is 18.5 Å². The zero-order valence-electron chi connectivity index (χ0n) is 13.6. The highest BCUT2D eigenvalue weighted by Gasteiger charge is 2.26. The van der Waals surface area contributed by atoms with Crippen LogP contribution in [-0.4, -0.2) is 42.6 Å². The molecule has 24 heavy (non-hydrogen) atoms. The minimum Gasteiger partial charge on any atom is -0.356 e. The van der Waals surface area contributed by atoms with Crippen molar-refractivity contribution in [1.82, 2.24) is 29.5 Å². The van der Waals surface area contributed by atoms with Gasteiger partial charge in [-0.25, -0.2) is 19.9 Å². The second-order valence-corrected chi connectivity index (χ2v) is 6.04. The standard InChI is InChI=1S/C17H19N7/c1-13-9-15(22-11-21-13)23-7-2-3-14(10-23)16-17(20-5-4-19-16)24-8-6-18-12-24/h4-6,8-9,11-12,14H,2-3,7,10H2,1H3/t14-/m1/s1. The Kier molecular flexibility index (Phi) is 3.90. The molecule has 0 aromatic carbocycles. The molecule has 0 bridgehead atoms. The smallest absolute Gasteiger partial charge is 0.160 e. The summed E-state index contributed by atoms with van der Waals surface area (Å²) in [6, 6.07) is 2.04. The highest BCUT2D eigenvalue weighted by molar-refractivity contribution is 5.41. The van der Waals surface area contributed by atoms with Gasteiger partial charge in [0.2, 0.25) is 0 Å². The van der Waals surface area contributed by atoms with Crippen LogP contribution in [0.15, 0.2) is 43.5 Å². The number of anilines is 1. The lowest BCUT2D eigenvalue weighted by molar-refractivity contribution is 0.495. The van der Waals surface area contributed by atoms with Crippen molar-refractivity contribution in [1.29, 1.82) is 0 Å². The SMILES string of the molecule is Cc1cc(N2CCC[C@@H](c3nccnc3-n3ccnc3)C2)ncn1. The molecule has 0 N–H and O–H groups in total. The zero-order valence-corrected chi connectivity index (χ0v) is 13.6. The Morgan fingerprint density at radius 3 is 2.83 bits per heavy atom. The third-order valence-corrected chi connectivity index (χ3v) is 4.38. The lowest BCUT2D eigenvalue weighted by atomic mass is 9.94. The van der Waals surface area contributed by atoms with E-state index in [1.807, 2.05) is 23.8 Å². The summed E-state index contributed by atoms with van der Waals surface area (Å²) in [5.41, 5.74) is 2.01. The van der Waals surface area contributed by atoms with Crippen LogP contribution in [0.25, 0.3) is 5.82 Å². The topological polar surface area (TPSA) is 72.6 Å². The molecule has 0 unspecified atom stereocenters. The van der Waals surface area contributed by atoms with Crippen LogP contribution < -0.4 is 4.90 Å². The average Bonchev–Trinajstić information content (AvgIpc) is 3.16. The lowest BCUT2D eigenvalue weighted by Gasteiger charge is -2.33. The average molecular weight is 321 g/mol. The minimum absolute atomic E-state index is 0.320. The summed E-state index contributed by atoms with van der Waals surface area (Å²) >= 11 is 0. The molecule has 4 heterocycles. The fourth-order valence-corrected chi connectivity index (χ4v) is 3.23. The van der Waals surface area contributed by atoms with E-state index in [2.05, 4.69) is 29.8 Å². The molecular weight excluding hydrogens is 302 g/mol. The number of rotatable bonds is 3. The van der Waals surface area contributed by atoms with Gasteiger partial charge >= 0.3 is 0 Å². The molecule has 7 heteroatoms. The van der Waals surface area contributed by atoms with Crippen LogP contribution in [-0.2, 0) is 0 Å². The Labute approximate surface area is 140 Å². The fourth-order valence-electron chi connectivity index (χ4n) is 3.23. The quantitative estimate of drug-likeness (QED) is 0.736. The van der Waals surface area contributed by atoms with Crippen molar-refractivity contribution in [2.75, 3.05) is 18.0 Å². The van der Waals surface area contributed by atoms with Crippen LogP contribution in [0.3, 0.4) is 0 Å². The Balaban J connectivity index is 1.63. The van der Waals surface area contributed by atoms with E-state index in [1.165, 1.54) is 0 Å². The predicted molar refractivity (Wildman–Crippen MR) is 90.1 cm³/mol. The Morgan fingerprint density at radius 2 is 2.00 bits per heavy atom. The maximum Gasteiger partial charge on any atom is 0.160 e. The number of piperidine rings is 1. The number of nitrogens with zero attached hydrogens (tertiary/aromatic N) is 7. The maximum atomic E-state index is 4.63. The number of hydrogen-bond donors (Lipinski definition) is 0. The summed E-state index contributed by atoms with van der Waals surface area (Å²) in [4.78, 5) is 24.2. The molecule has 0 radical (unpaired) electrons. The number of imidazole rings is 1. The van der Waals surface area contributed by atoms with Crippen molar-refractivity contribution >= 4 is 5.82 Å². The third-order valence-electron chi connectivity index (χ3n) is 4.38. The van der Waals surface area contributed by atoms with Crippen molar-refractivity contribution in [3.05, 3.63) is 54.9 Å². The Morgan fingerprint density at radius 1 is 1.08 bits per heavy atom. The first-order chi connectivity index (χ1) is 11.8. The van der Waals surface area contributed by atoms with Gasteiger partial charge in [-0.3, -0.25) is 9.55 Å². The summed E-state index contributed by atoms with van der Waals surface area (Å²) in [6.07, 6.45) is 12.8. The molecular formula is C17H19N7. The third kappa shape index (κ3) is 2.84. The van der Waals surface area contributed by atoms with Gasteiger partial charge in [0.05, 0.1) is 5.69 Å². The van der Waals surface area contributed by atoms with Gasteiger partial charge in [0, 0.05) is 55.6 Å². The highest BCUT2D eigenvalue weighted by Crippen LogP contribution is 2.30. The molecule has 0 aliphatic carbocycles. The van der Waals surface area contributed by atoms with Crippen LogP contribution in [0.4, 0.5) is 5.82 Å². The summed E-state index contributed by atoms with van der Waals surface area (Å²) < 4.78 is 1.93. The molecule has 0 amide bonds. The van der Waals surface area contributed by atoms with Gasteiger partial charge < -0.3 is 4.90 Å². The van der Waals surface area contributed by atoms with Crippen LogP contribution in [0.2, 0.25) is 0 Å². The predicted octanol–water partition coefficient (Wildman–Crippen LogP) is 2.14. The molecule has 4 rings (SSSR count). The van der Waals surface area contributed by atoms with Gasteiger partial charge in [0.25, 0.3) is 0 Å². The van der Waals surface area contributed by atoms with Crippen LogP contribution in [0, 0.1) is 6.92 Å². The normalized spacial score (nSPS) is 17.9. The maximum absolute atomic E-state index is 4.63. The van der Waals surface area contributed by atoms with Crippen molar-refractivity contribution < 1.29 is 0 Å². The van der Waals surface area contributed by atoms with Gasteiger partial charge in [-0.15, -0.1) is 0 Å². The van der Waals surface area contributed by atoms with E-state index in [9.17, 15) is 0 Å². The summed E-state index contributed by atoms with van der Waals surface area (Å²) in [5.74, 6) is 2.17. The molecule has 1 aliphatic heterocycles. The number of aryl methyl sites for hydroxylation is 1. The minimum atomic E-state index is 0.320. The largest absolute Gasteiger partial charge is 0.356 e. The van der Waals surface area contributed by atoms with Crippen LogP contribution in [0.1, 0.15) is 30.1 Å². The van der Waals surface area contributed by atoms with E-state index < -0.39 is 0 Å². The number of hydrogen-bond acceptors (Lipinski definition) is 6. The molecule has 1 atom stereocenters. The van der Waals surface area contributed by atoms with Gasteiger partial charge in [-0.2, -0.15) is 0 Å². The van der Waals surface area contributed by atoms with Gasteiger partial charge in [-0.1, -0.05) is 0 Å². The van der Waals surface area contributed by atoms with E-state index in [-0.39, 0.29) is 0 Å². The van der Waals surface area contributed by atoms with E-state index in [0.29, 0.717) is 5.92 Å². The molecule has 1 fully saturated rings. The molecule has 0 saturated carbocycles. The molecule has 1 aliphatic rings. The van der Waals surface area contributed by atoms with Gasteiger partial charge in [-0.05, 0) is 19.8 Å². The second-order valence-electron chi connectivity index (χ2n) is 6.04. The molecule has 1 saturated heterocycles. The Hall–Kier alpha value is -2.83. The monoisotopic (exact) mass is 321 g/mol. The second kappa shape index (κ2) is 6.35. The van der Waals surface area contributed by atoms with E-state index >= 15 is 0 Å². The van der Waals surface area contributed by atoms with Crippen molar-refractivity contribution in [3.8, 4) is 5.82 Å². The summed E-state index contributed by atoms with van der Waals surface area (Å²) in [6.45, 7) is 3.89. The number of aromatic nitrogens is 6. The van der Waals surface area contributed by atoms with Crippen molar-refractivity contribution in [3.63, 3.8) is 0 Å². The first-order valence-electron chi connectivity index (χ1n) is 8.14. The van der Waals surface area contributed by atoms with Crippen LogP contribution in [0.5, 0.6) is 0 Å². The van der Waals surface area contributed by atoms with Crippen molar-refractivity contribution in [2.45, 2.75) is 25.7 Å². The first kappa shape index (κ1) is 14.7. The molecule has 7 nitrogen and oxygen atoms in total. The summed E-state index contributed by atoms with van der Waals surface area (Å²) in [5, 5.41) is 0. The molecule has 3 aromatic rings. The van der Waals surface area contributed by atoms with Crippen molar-refractivity contribution in [2.24, 2.45) is 0 Å².